The lowest BCUT2D eigenvalue weighted by atomic mass is 9.98. The Morgan fingerprint density at radius 1 is 0.900 bits per heavy atom. The van der Waals surface area contributed by atoms with Gasteiger partial charge in [-0.15, -0.1) is 0 Å². The van der Waals surface area contributed by atoms with E-state index in [0.717, 1.165) is 24.9 Å². The highest BCUT2D eigenvalue weighted by Gasteiger charge is 2.12. The number of hydrogen-bond acceptors (Lipinski definition) is 2. The first kappa shape index (κ1) is 14.7. The predicted octanol–water partition coefficient (Wildman–Crippen LogP) is 3.24. The molecular weight excluding hydrogens is 251 g/mol. The van der Waals surface area contributed by atoms with Gasteiger partial charge in [0, 0.05) is 0 Å². The first-order valence-corrected chi connectivity index (χ1v) is 7.05. The monoisotopic (exact) mass is 272 g/mol. The Hall–Kier alpha value is -1.71. The molecule has 2 rings (SSSR count). The number of unbranched alkanes of at least 4 members (excludes halogenated alkanes) is 1. The standard InChI is InChI=1S/C17H21FN2/c18-16-10-8-15(9-11-16)17(20-13-5-4-12-19)14-6-2-1-3-7-14/h1-3,6-11,17,20H,4-5,12-13,19H2. The highest BCUT2D eigenvalue weighted by Crippen LogP contribution is 2.22. The van der Waals surface area contributed by atoms with Crippen molar-refractivity contribution in [3.63, 3.8) is 0 Å². The van der Waals surface area contributed by atoms with Crippen molar-refractivity contribution in [1.82, 2.24) is 5.32 Å². The van der Waals surface area contributed by atoms with E-state index in [2.05, 4.69) is 17.4 Å². The van der Waals surface area contributed by atoms with Gasteiger partial charge in [-0.2, -0.15) is 0 Å². The summed E-state index contributed by atoms with van der Waals surface area (Å²) in [7, 11) is 0. The van der Waals surface area contributed by atoms with Crippen LogP contribution in [0.15, 0.2) is 54.6 Å². The Labute approximate surface area is 119 Å². The fourth-order valence-corrected chi connectivity index (χ4v) is 2.24. The average molecular weight is 272 g/mol. The SMILES string of the molecule is NCCCCNC(c1ccccc1)c1ccc(F)cc1. The lowest BCUT2D eigenvalue weighted by Gasteiger charge is -2.20. The number of nitrogens with two attached hydrogens (primary N) is 1. The van der Waals surface area contributed by atoms with Crippen molar-refractivity contribution in [2.24, 2.45) is 5.73 Å². The lowest BCUT2D eigenvalue weighted by molar-refractivity contribution is 0.569. The van der Waals surface area contributed by atoms with Gasteiger partial charge in [0.15, 0.2) is 0 Å². The molecule has 0 radical (unpaired) electrons. The van der Waals surface area contributed by atoms with Crippen molar-refractivity contribution in [2.45, 2.75) is 18.9 Å². The van der Waals surface area contributed by atoms with Crippen LogP contribution in [0.3, 0.4) is 0 Å². The van der Waals surface area contributed by atoms with Crippen LogP contribution < -0.4 is 11.1 Å². The molecule has 0 aliphatic rings. The highest BCUT2D eigenvalue weighted by atomic mass is 19.1. The number of hydrogen-bond donors (Lipinski definition) is 2. The quantitative estimate of drug-likeness (QED) is 0.759. The van der Waals surface area contributed by atoms with Crippen LogP contribution in [0.5, 0.6) is 0 Å². The molecule has 2 nitrogen and oxygen atoms in total. The second kappa shape index (κ2) is 7.78. The molecule has 0 aliphatic carbocycles. The van der Waals surface area contributed by atoms with Crippen LogP contribution in [0, 0.1) is 5.82 Å². The average Bonchev–Trinajstić information content (AvgIpc) is 2.50. The molecule has 20 heavy (non-hydrogen) atoms. The molecule has 1 unspecified atom stereocenters. The van der Waals surface area contributed by atoms with E-state index in [-0.39, 0.29) is 11.9 Å². The Morgan fingerprint density at radius 2 is 1.55 bits per heavy atom. The molecule has 1 atom stereocenters. The van der Waals surface area contributed by atoms with E-state index in [1.165, 1.54) is 17.7 Å². The van der Waals surface area contributed by atoms with Crippen LogP contribution in [0.25, 0.3) is 0 Å². The summed E-state index contributed by atoms with van der Waals surface area (Å²) >= 11 is 0. The first-order valence-electron chi connectivity index (χ1n) is 7.05. The molecule has 0 heterocycles. The number of halogens is 1. The molecule has 0 aromatic heterocycles. The van der Waals surface area contributed by atoms with Crippen molar-refractivity contribution in [3.8, 4) is 0 Å². The lowest BCUT2D eigenvalue weighted by Crippen LogP contribution is -2.24. The Morgan fingerprint density at radius 3 is 2.20 bits per heavy atom. The second-order valence-electron chi connectivity index (χ2n) is 4.85. The van der Waals surface area contributed by atoms with Gasteiger partial charge < -0.3 is 11.1 Å². The van der Waals surface area contributed by atoms with Crippen LogP contribution in [0.2, 0.25) is 0 Å². The summed E-state index contributed by atoms with van der Waals surface area (Å²) < 4.78 is 13.1. The van der Waals surface area contributed by atoms with Crippen LogP contribution >= 0.6 is 0 Å². The van der Waals surface area contributed by atoms with E-state index in [1.807, 2.05) is 30.3 Å². The van der Waals surface area contributed by atoms with Crippen molar-refractivity contribution in [3.05, 3.63) is 71.5 Å². The third-order valence-electron chi connectivity index (χ3n) is 3.32. The van der Waals surface area contributed by atoms with Gasteiger partial charge in [-0.05, 0) is 49.2 Å². The number of rotatable bonds is 7. The van der Waals surface area contributed by atoms with E-state index in [0.29, 0.717) is 6.54 Å². The molecule has 0 spiro atoms. The van der Waals surface area contributed by atoms with Gasteiger partial charge in [0.1, 0.15) is 5.82 Å². The molecule has 0 saturated heterocycles. The van der Waals surface area contributed by atoms with Gasteiger partial charge in [0.05, 0.1) is 6.04 Å². The zero-order valence-corrected chi connectivity index (χ0v) is 11.6. The molecule has 2 aromatic carbocycles. The summed E-state index contributed by atoms with van der Waals surface area (Å²) in [5.74, 6) is -0.205. The summed E-state index contributed by atoms with van der Waals surface area (Å²) in [6.07, 6.45) is 2.05. The normalized spacial score (nSPS) is 12.3. The van der Waals surface area contributed by atoms with E-state index in [4.69, 9.17) is 5.73 Å². The van der Waals surface area contributed by atoms with Crippen LogP contribution in [0.1, 0.15) is 30.0 Å². The van der Waals surface area contributed by atoms with Gasteiger partial charge in [-0.1, -0.05) is 42.5 Å². The van der Waals surface area contributed by atoms with E-state index >= 15 is 0 Å². The number of benzene rings is 2. The summed E-state index contributed by atoms with van der Waals surface area (Å²) in [6, 6.07) is 17.0. The Balaban J connectivity index is 2.13. The topological polar surface area (TPSA) is 38.0 Å². The minimum atomic E-state index is -0.205. The van der Waals surface area contributed by atoms with Gasteiger partial charge in [-0.25, -0.2) is 4.39 Å². The fourth-order valence-electron chi connectivity index (χ4n) is 2.24. The molecule has 0 amide bonds. The van der Waals surface area contributed by atoms with Crippen molar-refractivity contribution in [2.75, 3.05) is 13.1 Å². The van der Waals surface area contributed by atoms with Gasteiger partial charge in [0.25, 0.3) is 0 Å². The molecule has 0 aliphatic heterocycles. The molecule has 106 valence electrons. The minimum Gasteiger partial charge on any atom is -0.330 e. The predicted molar refractivity (Wildman–Crippen MR) is 81.0 cm³/mol. The highest BCUT2D eigenvalue weighted by molar-refractivity contribution is 5.31. The third kappa shape index (κ3) is 4.15. The van der Waals surface area contributed by atoms with Crippen molar-refractivity contribution >= 4 is 0 Å². The minimum absolute atomic E-state index is 0.0922. The summed E-state index contributed by atoms with van der Waals surface area (Å²) in [6.45, 7) is 1.61. The van der Waals surface area contributed by atoms with Crippen molar-refractivity contribution in [1.29, 1.82) is 0 Å². The third-order valence-corrected chi connectivity index (χ3v) is 3.32. The Kier molecular flexibility index (Phi) is 5.71. The van der Waals surface area contributed by atoms with Gasteiger partial charge in [-0.3, -0.25) is 0 Å². The zero-order chi connectivity index (χ0) is 14.2. The van der Waals surface area contributed by atoms with Crippen LogP contribution in [0.4, 0.5) is 4.39 Å². The second-order valence-corrected chi connectivity index (χ2v) is 4.85. The maximum Gasteiger partial charge on any atom is 0.123 e. The van der Waals surface area contributed by atoms with Gasteiger partial charge >= 0.3 is 0 Å². The maximum absolute atomic E-state index is 13.1. The molecule has 3 N–H and O–H groups in total. The van der Waals surface area contributed by atoms with E-state index in [9.17, 15) is 4.39 Å². The zero-order valence-electron chi connectivity index (χ0n) is 11.6. The molecule has 0 bridgehead atoms. The number of nitrogens with one attached hydrogen (secondary N) is 1. The largest absolute Gasteiger partial charge is 0.330 e. The van der Waals surface area contributed by atoms with Crippen LogP contribution in [-0.4, -0.2) is 13.1 Å². The van der Waals surface area contributed by atoms with Crippen molar-refractivity contribution < 1.29 is 4.39 Å². The fraction of sp³-hybridized carbons (Fsp3) is 0.294. The van der Waals surface area contributed by atoms with E-state index < -0.39 is 0 Å². The molecule has 2 aromatic rings. The maximum atomic E-state index is 13.1. The van der Waals surface area contributed by atoms with Gasteiger partial charge in [0.2, 0.25) is 0 Å². The Bertz CT molecular complexity index is 496. The first-order chi connectivity index (χ1) is 9.81. The molecule has 3 heteroatoms. The summed E-state index contributed by atoms with van der Waals surface area (Å²) in [4.78, 5) is 0. The molecule has 0 fully saturated rings. The molecular formula is C17H21FN2. The summed E-state index contributed by atoms with van der Waals surface area (Å²) in [5.41, 5.74) is 7.78. The van der Waals surface area contributed by atoms with E-state index in [1.54, 1.807) is 0 Å². The van der Waals surface area contributed by atoms with Crippen LogP contribution in [-0.2, 0) is 0 Å². The molecule has 0 saturated carbocycles. The smallest absolute Gasteiger partial charge is 0.123 e. The summed E-state index contributed by atoms with van der Waals surface area (Å²) in [5, 5.41) is 3.53.